The van der Waals surface area contributed by atoms with E-state index in [4.69, 9.17) is 0 Å². The fourth-order valence-corrected chi connectivity index (χ4v) is 2.54. The molecule has 1 aliphatic carbocycles. The minimum absolute atomic E-state index is 0.537. The highest BCUT2D eigenvalue weighted by molar-refractivity contribution is 5.75. The highest BCUT2D eigenvalue weighted by atomic mass is 14.2. The molecular formula is C19H24. The van der Waals surface area contributed by atoms with E-state index in [9.17, 15) is 0 Å². The van der Waals surface area contributed by atoms with Crippen molar-refractivity contribution in [2.45, 2.75) is 40.0 Å². The Morgan fingerprint density at radius 2 is 2.05 bits per heavy atom. The van der Waals surface area contributed by atoms with Gasteiger partial charge in [0, 0.05) is 0 Å². The summed E-state index contributed by atoms with van der Waals surface area (Å²) in [7, 11) is 0. The van der Waals surface area contributed by atoms with Gasteiger partial charge in [0.05, 0.1) is 0 Å². The second kappa shape index (κ2) is 5.61. The molecule has 0 aliphatic heterocycles. The van der Waals surface area contributed by atoms with Crippen molar-refractivity contribution in [3.05, 3.63) is 65.3 Å². The maximum Gasteiger partial charge on any atom is -0.00254 e. The van der Waals surface area contributed by atoms with Crippen LogP contribution in [0, 0.1) is 5.92 Å². The maximum atomic E-state index is 4.21. The summed E-state index contributed by atoms with van der Waals surface area (Å²) in [6.07, 6.45) is 5.30. The van der Waals surface area contributed by atoms with Crippen LogP contribution < -0.4 is 0 Å². The Hall–Kier alpha value is -1.56. The lowest BCUT2D eigenvalue weighted by Gasteiger charge is -2.22. The van der Waals surface area contributed by atoms with E-state index in [1.807, 2.05) is 0 Å². The molecule has 0 saturated heterocycles. The lowest BCUT2D eigenvalue weighted by molar-refractivity contribution is 0.754. The summed E-state index contributed by atoms with van der Waals surface area (Å²) >= 11 is 0. The first-order valence-electron chi connectivity index (χ1n) is 7.19. The molecule has 0 heterocycles. The van der Waals surface area contributed by atoms with Gasteiger partial charge in [-0.1, -0.05) is 69.4 Å². The third-order valence-electron chi connectivity index (χ3n) is 3.95. The van der Waals surface area contributed by atoms with E-state index < -0.39 is 0 Å². The van der Waals surface area contributed by atoms with Gasteiger partial charge in [0.15, 0.2) is 0 Å². The molecule has 0 nitrogen and oxygen atoms in total. The number of aryl methyl sites for hydroxylation is 1. The van der Waals surface area contributed by atoms with Gasteiger partial charge in [-0.05, 0) is 47.4 Å². The molecule has 0 atom stereocenters. The van der Waals surface area contributed by atoms with Crippen LogP contribution in [0.1, 0.15) is 43.9 Å². The second-order valence-corrected chi connectivity index (χ2v) is 5.84. The van der Waals surface area contributed by atoms with Crippen LogP contribution in [0.3, 0.4) is 0 Å². The van der Waals surface area contributed by atoms with Crippen LogP contribution in [0.15, 0.2) is 48.6 Å². The number of hydrogen-bond donors (Lipinski definition) is 0. The van der Waals surface area contributed by atoms with E-state index in [-0.39, 0.29) is 0 Å². The van der Waals surface area contributed by atoms with Crippen molar-refractivity contribution in [1.29, 1.82) is 0 Å². The van der Waals surface area contributed by atoms with E-state index in [2.05, 4.69) is 58.2 Å². The normalized spacial score (nSPS) is 14.3. The molecule has 100 valence electrons. The molecule has 19 heavy (non-hydrogen) atoms. The van der Waals surface area contributed by atoms with Crippen LogP contribution in [-0.4, -0.2) is 0 Å². The van der Waals surface area contributed by atoms with Gasteiger partial charge < -0.3 is 0 Å². The summed E-state index contributed by atoms with van der Waals surface area (Å²) in [4.78, 5) is 0. The Labute approximate surface area is 117 Å². The minimum atomic E-state index is 0.537. The summed E-state index contributed by atoms with van der Waals surface area (Å²) in [5.74, 6) is 0.537. The van der Waals surface area contributed by atoms with E-state index in [0.717, 1.165) is 19.3 Å². The molecule has 0 spiro atoms. The molecule has 0 aromatic heterocycles. The first kappa shape index (κ1) is 13.9. The molecule has 1 aromatic rings. The van der Waals surface area contributed by atoms with Crippen molar-refractivity contribution in [2.24, 2.45) is 5.92 Å². The Morgan fingerprint density at radius 1 is 1.32 bits per heavy atom. The number of rotatable bonds is 4. The molecule has 1 aromatic carbocycles. The van der Waals surface area contributed by atoms with Crippen LogP contribution in [0.2, 0.25) is 0 Å². The average Bonchev–Trinajstić information content (AvgIpc) is 2.37. The molecule has 0 radical (unpaired) electrons. The van der Waals surface area contributed by atoms with E-state index in [1.165, 1.54) is 33.4 Å². The second-order valence-electron chi connectivity index (χ2n) is 5.84. The van der Waals surface area contributed by atoms with Crippen molar-refractivity contribution in [1.82, 2.24) is 0 Å². The van der Waals surface area contributed by atoms with Gasteiger partial charge in [0.1, 0.15) is 0 Å². The van der Waals surface area contributed by atoms with Gasteiger partial charge in [-0.3, -0.25) is 0 Å². The zero-order chi connectivity index (χ0) is 14.0. The van der Waals surface area contributed by atoms with Crippen molar-refractivity contribution in [3.63, 3.8) is 0 Å². The van der Waals surface area contributed by atoms with Crippen LogP contribution in [0.25, 0.3) is 5.57 Å². The SMILES string of the molecule is C=C1C=C(CC(=C)C(C)C)c2ccc(CC)cc2C1. The Bertz CT molecular complexity index is 541. The van der Waals surface area contributed by atoms with Gasteiger partial charge in [0.2, 0.25) is 0 Å². The molecule has 0 N–H and O–H groups in total. The average molecular weight is 252 g/mol. The summed E-state index contributed by atoms with van der Waals surface area (Å²) in [6, 6.07) is 6.87. The van der Waals surface area contributed by atoms with Crippen molar-refractivity contribution in [3.8, 4) is 0 Å². The molecule has 1 aliphatic rings. The zero-order valence-electron chi connectivity index (χ0n) is 12.4. The number of benzene rings is 1. The highest BCUT2D eigenvalue weighted by Gasteiger charge is 2.16. The first-order chi connectivity index (χ1) is 9.01. The zero-order valence-corrected chi connectivity index (χ0v) is 12.4. The fraction of sp³-hybridized carbons (Fsp3) is 0.368. The van der Waals surface area contributed by atoms with Crippen LogP contribution in [0.5, 0.6) is 0 Å². The van der Waals surface area contributed by atoms with Crippen molar-refractivity contribution >= 4 is 5.57 Å². The maximum absolute atomic E-state index is 4.21. The van der Waals surface area contributed by atoms with Crippen molar-refractivity contribution in [2.75, 3.05) is 0 Å². The molecule has 0 bridgehead atoms. The van der Waals surface area contributed by atoms with E-state index in [1.54, 1.807) is 0 Å². The topological polar surface area (TPSA) is 0 Å². The van der Waals surface area contributed by atoms with Gasteiger partial charge in [-0.15, -0.1) is 0 Å². The predicted octanol–water partition coefficient (Wildman–Crippen LogP) is 5.35. The van der Waals surface area contributed by atoms with E-state index in [0.29, 0.717) is 5.92 Å². The van der Waals surface area contributed by atoms with Gasteiger partial charge in [-0.25, -0.2) is 0 Å². The van der Waals surface area contributed by atoms with E-state index >= 15 is 0 Å². The van der Waals surface area contributed by atoms with Gasteiger partial charge in [-0.2, -0.15) is 0 Å². The lowest BCUT2D eigenvalue weighted by atomic mass is 9.83. The van der Waals surface area contributed by atoms with Crippen LogP contribution in [-0.2, 0) is 12.8 Å². The molecule has 0 unspecified atom stereocenters. The molecule has 0 amide bonds. The Balaban J connectivity index is 2.35. The summed E-state index contributed by atoms with van der Waals surface area (Å²) in [6.45, 7) is 15.0. The summed E-state index contributed by atoms with van der Waals surface area (Å²) in [5.41, 5.74) is 8.13. The number of fused-ring (bicyclic) bond motifs is 1. The standard InChI is InChI=1S/C19H24/c1-6-16-7-8-19-17(11-15(5)13(2)3)9-14(4)10-18(19)12-16/h7-9,12-13H,4-6,10-11H2,1-3H3. The third kappa shape index (κ3) is 3.07. The monoisotopic (exact) mass is 252 g/mol. The predicted molar refractivity (Wildman–Crippen MR) is 85.2 cm³/mol. The molecular weight excluding hydrogens is 228 g/mol. The highest BCUT2D eigenvalue weighted by Crippen LogP contribution is 2.34. The largest absolute Gasteiger partial charge is 0.0993 e. The quantitative estimate of drug-likeness (QED) is 0.634. The van der Waals surface area contributed by atoms with Crippen molar-refractivity contribution < 1.29 is 0 Å². The molecule has 0 heteroatoms. The molecule has 0 saturated carbocycles. The van der Waals surface area contributed by atoms with Crippen LogP contribution in [0.4, 0.5) is 0 Å². The van der Waals surface area contributed by atoms with Gasteiger partial charge >= 0.3 is 0 Å². The molecule has 2 rings (SSSR count). The van der Waals surface area contributed by atoms with Gasteiger partial charge in [0.25, 0.3) is 0 Å². The lowest BCUT2D eigenvalue weighted by Crippen LogP contribution is -2.05. The summed E-state index contributed by atoms with van der Waals surface area (Å²) in [5, 5.41) is 0. The first-order valence-corrected chi connectivity index (χ1v) is 7.19. The number of hydrogen-bond acceptors (Lipinski definition) is 0. The molecule has 0 fully saturated rings. The third-order valence-corrected chi connectivity index (χ3v) is 3.95. The number of allylic oxidation sites excluding steroid dienone is 4. The smallest absolute Gasteiger partial charge is 0.00254 e. The minimum Gasteiger partial charge on any atom is -0.0993 e. The Kier molecular flexibility index (Phi) is 4.09. The van der Waals surface area contributed by atoms with Crippen LogP contribution >= 0.6 is 0 Å². The summed E-state index contributed by atoms with van der Waals surface area (Å²) < 4.78 is 0. The fourth-order valence-electron chi connectivity index (χ4n) is 2.54. The Morgan fingerprint density at radius 3 is 2.68 bits per heavy atom.